The van der Waals surface area contributed by atoms with Crippen molar-refractivity contribution in [2.24, 2.45) is 5.92 Å². The van der Waals surface area contributed by atoms with Gasteiger partial charge in [0.2, 0.25) is 0 Å². The number of ether oxygens (including phenoxy) is 1. The molecule has 0 bridgehead atoms. The second kappa shape index (κ2) is 4.90. The Labute approximate surface area is 104 Å². The minimum atomic E-state index is -1.47. The Morgan fingerprint density at radius 2 is 2.12 bits per heavy atom. The molecule has 0 amide bonds. The van der Waals surface area contributed by atoms with Crippen LogP contribution in [0.1, 0.15) is 32.1 Å². The van der Waals surface area contributed by atoms with Crippen LogP contribution in [-0.4, -0.2) is 28.1 Å². The lowest BCUT2D eigenvalue weighted by molar-refractivity contribution is -0.152. The molecule has 17 heavy (non-hydrogen) atoms. The van der Waals surface area contributed by atoms with Gasteiger partial charge >= 0.3 is 5.97 Å². The summed E-state index contributed by atoms with van der Waals surface area (Å²) in [5.74, 6) is -0.797. The van der Waals surface area contributed by atoms with Gasteiger partial charge in [-0.2, -0.15) is 0 Å². The van der Waals surface area contributed by atoms with Crippen molar-refractivity contribution >= 4 is 17.0 Å². The van der Waals surface area contributed by atoms with Crippen LogP contribution in [0.15, 0.2) is 12.7 Å². The van der Waals surface area contributed by atoms with Crippen LogP contribution in [0, 0.1) is 5.92 Å². The first-order chi connectivity index (χ1) is 8.14. The van der Waals surface area contributed by atoms with Gasteiger partial charge in [-0.3, -0.25) is 8.98 Å². The molecule has 5 heteroatoms. The Balaban J connectivity index is 2.33. The molecule has 1 aliphatic heterocycles. The maximum absolute atomic E-state index is 11.9. The lowest BCUT2D eigenvalue weighted by Gasteiger charge is -2.35. The summed E-state index contributed by atoms with van der Waals surface area (Å²) >= 11 is -1.47. The van der Waals surface area contributed by atoms with Crippen LogP contribution in [-0.2, 0) is 24.8 Å². The number of carbonyl (C=O) groups is 1. The van der Waals surface area contributed by atoms with Crippen LogP contribution in [0.25, 0.3) is 0 Å². The third-order valence-corrected chi connectivity index (χ3v) is 5.16. The molecule has 1 saturated carbocycles. The fourth-order valence-corrected chi connectivity index (χ4v) is 4.36. The number of esters is 1. The van der Waals surface area contributed by atoms with E-state index in [1.165, 1.54) is 7.11 Å². The second-order valence-corrected chi connectivity index (χ2v) is 5.90. The molecule has 0 radical (unpaired) electrons. The fraction of sp³-hybridized carbons (Fsp3) is 0.750. The SMILES string of the molecule is C=CC1C(C(=O)OC)C2(CCCCC2)OS1=O. The van der Waals surface area contributed by atoms with Gasteiger partial charge in [-0.25, -0.2) is 4.21 Å². The van der Waals surface area contributed by atoms with Crippen LogP contribution >= 0.6 is 0 Å². The van der Waals surface area contributed by atoms with Crippen molar-refractivity contribution in [2.45, 2.75) is 43.0 Å². The largest absolute Gasteiger partial charge is 0.469 e. The van der Waals surface area contributed by atoms with Gasteiger partial charge in [-0.05, 0) is 12.8 Å². The van der Waals surface area contributed by atoms with E-state index in [1.54, 1.807) is 6.08 Å². The summed E-state index contributed by atoms with van der Waals surface area (Å²) < 4.78 is 22.4. The first-order valence-electron chi connectivity index (χ1n) is 5.95. The van der Waals surface area contributed by atoms with E-state index < -0.39 is 27.8 Å². The van der Waals surface area contributed by atoms with E-state index in [0.717, 1.165) is 32.1 Å². The average molecular weight is 258 g/mol. The lowest BCUT2D eigenvalue weighted by atomic mass is 9.74. The molecule has 3 unspecified atom stereocenters. The van der Waals surface area contributed by atoms with E-state index >= 15 is 0 Å². The van der Waals surface area contributed by atoms with Gasteiger partial charge in [0.05, 0.1) is 12.4 Å². The number of methoxy groups -OCH3 is 1. The number of carbonyl (C=O) groups excluding carboxylic acids is 1. The molecule has 2 aliphatic rings. The quantitative estimate of drug-likeness (QED) is 0.559. The topological polar surface area (TPSA) is 52.6 Å². The minimum Gasteiger partial charge on any atom is -0.469 e. The third-order valence-electron chi connectivity index (χ3n) is 3.75. The standard InChI is InChI=1S/C12H18O4S/c1-3-9-10(11(13)15-2)12(16-17(9)14)7-5-4-6-8-12/h3,9-10H,1,4-8H2,2H3. The second-order valence-electron chi connectivity index (χ2n) is 4.67. The van der Waals surface area contributed by atoms with E-state index in [9.17, 15) is 9.00 Å². The summed E-state index contributed by atoms with van der Waals surface area (Å²) in [6.07, 6.45) is 6.28. The number of hydrogen-bond donors (Lipinski definition) is 0. The molecule has 0 aromatic rings. The van der Waals surface area contributed by atoms with Gasteiger partial charge in [0, 0.05) is 0 Å². The summed E-state index contributed by atoms with van der Waals surface area (Å²) in [5.41, 5.74) is -0.588. The Bertz CT molecular complexity index is 346. The highest BCUT2D eigenvalue weighted by Crippen LogP contribution is 2.47. The van der Waals surface area contributed by atoms with E-state index in [0.29, 0.717) is 0 Å². The van der Waals surface area contributed by atoms with Crippen molar-refractivity contribution in [3.05, 3.63) is 12.7 Å². The Hall–Kier alpha value is -0.680. The first kappa shape index (κ1) is 12.8. The van der Waals surface area contributed by atoms with Crippen LogP contribution in [0.5, 0.6) is 0 Å². The van der Waals surface area contributed by atoms with Crippen LogP contribution < -0.4 is 0 Å². The summed E-state index contributed by atoms with van der Waals surface area (Å²) in [6, 6.07) is 0. The highest BCUT2D eigenvalue weighted by molar-refractivity contribution is 7.81. The summed E-state index contributed by atoms with van der Waals surface area (Å²) in [7, 11) is 1.36. The molecule has 3 atom stereocenters. The third kappa shape index (κ3) is 2.06. The normalized spacial score (nSPS) is 35.7. The molecule has 0 aromatic carbocycles. The predicted molar refractivity (Wildman–Crippen MR) is 64.5 cm³/mol. The predicted octanol–water partition coefficient (Wildman–Crippen LogP) is 1.73. The molecule has 1 saturated heterocycles. The highest BCUT2D eigenvalue weighted by Gasteiger charge is 2.57. The molecule has 0 aromatic heterocycles. The number of hydrogen-bond acceptors (Lipinski definition) is 4. The summed E-state index contributed by atoms with van der Waals surface area (Å²) in [4.78, 5) is 11.9. The Morgan fingerprint density at radius 3 is 2.65 bits per heavy atom. The Kier molecular flexibility index (Phi) is 3.68. The zero-order chi connectivity index (χ0) is 12.5. The zero-order valence-corrected chi connectivity index (χ0v) is 10.8. The van der Waals surface area contributed by atoms with Crippen molar-refractivity contribution in [1.82, 2.24) is 0 Å². The molecular formula is C12H18O4S. The van der Waals surface area contributed by atoms with Gasteiger partial charge in [0.25, 0.3) is 0 Å². The molecule has 1 heterocycles. The molecule has 1 aliphatic carbocycles. The van der Waals surface area contributed by atoms with Crippen LogP contribution in [0.2, 0.25) is 0 Å². The molecule has 2 rings (SSSR count). The molecule has 4 nitrogen and oxygen atoms in total. The van der Waals surface area contributed by atoms with E-state index in [1.807, 2.05) is 0 Å². The lowest BCUT2D eigenvalue weighted by Crippen LogP contribution is -2.44. The van der Waals surface area contributed by atoms with Crippen molar-refractivity contribution in [2.75, 3.05) is 7.11 Å². The van der Waals surface area contributed by atoms with Crippen molar-refractivity contribution in [3.8, 4) is 0 Å². The monoisotopic (exact) mass is 258 g/mol. The summed E-state index contributed by atoms with van der Waals surface area (Å²) in [6.45, 7) is 3.66. The van der Waals surface area contributed by atoms with Gasteiger partial charge in [0.1, 0.15) is 11.5 Å². The van der Waals surface area contributed by atoms with Crippen LogP contribution in [0.4, 0.5) is 0 Å². The zero-order valence-electron chi connectivity index (χ0n) is 10.0. The minimum absolute atomic E-state index is 0.331. The van der Waals surface area contributed by atoms with E-state index in [2.05, 4.69) is 6.58 Å². The van der Waals surface area contributed by atoms with Crippen LogP contribution in [0.3, 0.4) is 0 Å². The smallest absolute Gasteiger partial charge is 0.313 e. The maximum Gasteiger partial charge on any atom is 0.313 e. The first-order valence-corrected chi connectivity index (χ1v) is 7.09. The maximum atomic E-state index is 11.9. The van der Waals surface area contributed by atoms with Gasteiger partial charge in [-0.1, -0.05) is 25.3 Å². The van der Waals surface area contributed by atoms with Crippen molar-refractivity contribution < 1.29 is 17.9 Å². The fourth-order valence-electron chi connectivity index (χ4n) is 2.92. The highest BCUT2D eigenvalue weighted by atomic mass is 32.2. The molecule has 0 N–H and O–H groups in total. The van der Waals surface area contributed by atoms with Gasteiger partial charge in [-0.15, -0.1) is 6.58 Å². The van der Waals surface area contributed by atoms with Gasteiger partial charge < -0.3 is 4.74 Å². The van der Waals surface area contributed by atoms with Crippen molar-refractivity contribution in [3.63, 3.8) is 0 Å². The Morgan fingerprint density at radius 1 is 1.47 bits per heavy atom. The van der Waals surface area contributed by atoms with E-state index in [-0.39, 0.29) is 5.97 Å². The van der Waals surface area contributed by atoms with E-state index in [4.69, 9.17) is 8.92 Å². The van der Waals surface area contributed by atoms with Crippen molar-refractivity contribution in [1.29, 1.82) is 0 Å². The molecule has 2 fully saturated rings. The van der Waals surface area contributed by atoms with Gasteiger partial charge in [0.15, 0.2) is 11.1 Å². The average Bonchev–Trinajstić information content (AvgIpc) is 2.61. The summed E-state index contributed by atoms with van der Waals surface area (Å²) in [5, 5.41) is -0.444. The molecule has 96 valence electrons. The molecule has 1 spiro atoms. The molecular weight excluding hydrogens is 240 g/mol. The number of rotatable bonds is 2.